The molecule has 0 amide bonds. The summed E-state index contributed by atoms with van der Waals surface area (Å²) in [5, 5.41) is 0. The van der Waals surface area contributed by atoms with Crippen molar-refractivity contribution < 1.29 is 9.59 Å². The predicted molar refractivity (Wildman–Crippen MR) is 46.7 cm³/mol. The summed E-state index contributed by atoms with van der Waals surface area (Å²) in [5.41, 5.74) is -0.460. The van der Waals surface area contributed by atoms with Crippen molar-refractivity contribution in [2.75, 3.05) is 0 Å². The zero-order valence-electron chi connectivity index (χ0n) is 7.59. The third-order valence-electron chi connectivity index (χ3n) is 2.57. The Balaban J connectivity index is 2.89. The van der Waals surface area contributed by atoms with Gasteiger partial charge in [0, 0.05) is 11.3 Å². The van der Waals surface area contributed by atoms with E-state index in [9.17, 15) is 9.59 Å². The first-order valence-electron chi connectivity index (χ1n) is 4.21. The van der Waals surface area contributed by atoms with Crippen LogP contribution in [0.2, 0.25) is 0 Å². The Labute approximate surface area is 72.7 Å². The van der Waals surface area contributed by atoms with Crippen LogP contribution in [0.15, 0.2) is 12.7 Å². The highest BCUT2D eigenvalue weighted by molar-refractivity contribution is 6.41. The molecular weight excluding hydrogens is 152 g/mol. The number of Topliss-reactive ketones (excluding diaryl/α,β-unsaturated/α-hetero) is 2. The molecule has 0 bridgehead atoms. The second kappa shape index (κ2) is 2.85. The van der Waals surface area contributed by atoms with Crippen LogP contribution in [0.5, 0.6) is 0 Å². The normalized spacial score (nSPS) is 35.7. The monoisotopic (exact) mass is 166 g/mol. The SMILES string of the molecule is C=CCC1(C)CC(C)C(=O)C1=O. The minimum Gasteiger partial charge on any atom is -0.291 e. The van der Waals surface area contributed by atoms with Crippen molar-refractivity contribution in [2.24, 2.45) is 11.3 Å². The Morgan fingerprint density at radius 1 is 1.67 bits per heavy atom. The molecule has 1 aliphatic carbocycles. The van der Waals surface area contributed by atoms with Crippen molar-refractivity contribution in [2.45, 2.75) is 26.7 Å². The minimum absolute atomic E-state index is 0.0950. The van der Waals surface area contributed by atoms with E-state index in [4.69, 9.17) is 0 Å². The molecule has 0 N–H and O–H groups in total. The molecule has 2 heteroatoms. The first-order chi connectivity index (χ1) is 5.51. The summed E-state index contributed by atoms with van der Waals surface area (Å²) in [6, 6.07) is 0. The summed E-state index contributed by atoms with van der Waals surface area (Å²) in [6.45, 7) is 7.25. The fourth-order valence-corrected chi connectivity index (χ4v) is 1.88. The molecular formula is C10H14O2. The number of ketones is 2. The molecule has 12 heavy (non-hydrogen) atoms. The van der Waals surface area contributed by atoms with Crippen LogP contribution in [-0.4, -0.2) is 11.6 Å². The molecule has 0 aliphatic heterocycles. The molecule has 2 unspecified atom stereocenters. The summed E-state index contributed by atoms with van der Waals surface area (Å²) < 4.78 is 0. The first kappa shape index (κ1) is 9.17. The zero-order valence-corrected chi connectivity index (χ0v) is 7.59. The lowest BCUT2D eigenvalue weighted by atomic mass is 9.83. The number of hydrogen-bond acceptors (Lipinski definition) is 2. The van der Waals surface area contributed by atoms with Crippen molar-refractivity contribution in [1.82, 2.24) is 0 Å². The molecule has 0 saturated heterocycles. The van der Waals surface area contributed by atoms with Gasteiger partial charge in [-0.1, -0.05) is 19.9 Å². The molecule has 0 spiro atoms. The van der Waals surface area contributed by atoms with Gasteiger partial charge in [-0.3, -0.25) is 9.59 Å². The number of hydrogen-bond donors (Lipinski definition) is 0. The van der Waals surface area contributed by atoms with Gasteiger partial charge in [0.25, 0.3) is 0 Å². The standard InChI is InChI=1S/C10H14O2/c1-4-5-10(3)6-7(2)8(11)9(10)12/h4,7H,1,5-6H2,2-3H3. The maximum Gasteiger partial charge on any atom is 0.204 e. The van der Waals surface area contributed by atoms with Gasteiger partial charge < -0.3 is 0 Å². The van der Waals surface area contributed by atoms with Crippen LogP contribution in [0, 0.1) is 11.3 Å². The van der Waals surface area contributed by atoms with Gasteiger partial charge in [0.2, 0.25) is 11.6 Å². The van der Waals surface area contributed by atoms with Crippen LogP contribution in [0.1, 0.15) is 26.7 Å². The third kappa shape index (κ3) is 1.22. The molecule has 0 aromatic rings. The first-order valence-corrected chi connectivity index (χ1v) is 4.21. The average Bonchev–Trinajstić information content (AvgIpc) is 2.17. The summed E-state index contributed by atoms with van der Waals surface area (Å²) >= 11 is 0. The van der Waals surface area contributed by atoms with Crippen LogP contribution < -0.4 is 0 Å². The average molecular weight is 166 g/mol. The lowest BCUT2D eigenvalue weighted by molar-refractivity contribution is -0.138. The summed E-state index contributed by atoms with van der Waals surface area (Å²) in [5.74, 6) is -0.517. The van der Waals surface area contributed by atoms with E-state index in [-0.39, 0.29) is 17.5 Å². The third-order valence-corrected chi connectivity index (χ3v) is 2.57. The second-order valence-electron chi connectivity index (χ2n) is 3.85. The van der Waals surface area contributed by atoms with E-state index in [1.54, 1.807) is 6.08 Å². The van der Waals surface area contributed by atoms with Crippen LogP contribution in [0.4, 0.5) is 0 Å². The molecule has 1 aliphatic rings. The van der Waals surface area contributed by atoms with Crippen molar-refractivity contribution in [3.63, 3.8) is 0 Å². The van der Waals surface area contributed by atoms with Gasteiger partial charge in [-0.05, 0) is 12.8 Å². The highest BCUT2D eigenvalue weighted by Crippen LogP contribution is 2.38. The fourth-order valence-electron chi connectivity index (χ4n) is 1.88. The smallest absolute Gasteiger partial charge is 0.204 e. The van der Waals surface area contributed by atoms with E-state index in [0.717, 1.165) is 0 Å². The van der Waals surface area contributed by atoms with Gasteiger partial charge in [0.05, 0.1) is 0 Å². The van der Waals surface area contributed by atoms with Gasteiger partial charge in [-0.2, -0.15) is 0 Å². The second-order valence-corrected chi connectivity index (χ2v) is 3.85. The van der Waals surface area contributed by atoms with E-state index >= 15 is 0 Å². The number of carbonyl (C=O) groups excluding carboxylic acids is 2. The van der Waals surface area contributed by atoms with Crippen LogP contribution in [0.3, 0.4) is 0 Å². The highest BCUT2D eigenvalue weighted by Gasteiger charge is 2.46. The Hall–Kier alpha value is -0.920. The molecule has 2 atom stereocenters. The predicted octanol–water partition coefficient (Wildman–Crippen LogP) is 1.75. The van der Waals surface area contributed by atoms with E-state index in [1.807, 2.05) is 13.8 Å². The van der Waals surface area contributed by atoms with Crippen LogP contribution >= 0.6 is 0 Å². The van der Waals surface area contributed by atoms with Gasteiger partial charge >= 0.3 is 0 Å². The molecule has 2 nitrogen and oxygen atoms in total. The molecule has 1 fully saturated rings. The Morgan fingerprint density at radius 3 is 2.58 bits per heavy atom. The molecule has 0 radical (unpaired) electrons. The summed E-state index contributed by atoms with van der Waals surface area (Å²) in [6.07, 6.45) is 3.00. The van der Waals surface area contributed by atoms with Gasteiger partial charge in [0.15, 0.2) is 0 Å². The fraction of sp³-hybridized carbons (Fsp3) is 0.600. The zero-order chi connectivity index (χ0) is 9.35. The van der Waals surface area contributed by atoms with E-state index < -0.39 is 5.41 Å². The molecule has 1 rings (SSSR count). The van der Waals surface area contributed by atoms with Gasteiger partial charge in [-0.15, -0.1) is 6.58 Å². The lowest BCUT2D eigenvalue weighted by Crippen LogP contribution is -2.24. The largest absolute Gasteiger partial charge is 0.291 e. The van der Waals surface area contributed by atoms with E-state index in [0.29, 0.717) is 12.8 Å². The molecule has 0 aromatic carbocycles. The van der Waals surface area contributed by atoms with Crippen molar-refractivity contribution >= 4 is 11.6 Å². The Kier molecular flexibility index (Phi) is 2.18. The Bertz CT molecular complexity index is 242. The number of carbonyl (C=O) groups is 2. The molecule has 0 aromatic heterocycles. The van der Waals surface area contributed by atoms with Crippen molar-refractivity contribution in [3.8, 4) is 0 Å². The highest BCUT2D eigenvalue weighted by atomic mass is 16.2. The number of rotatable bonds is 2. The van der Waals surface area contributed by atoms with Gasteiger partial charge in [-0.25, -0.2) is 0 Å². The van der Waals surface area contributed by atoms with E-state index in [1.165, 1.54) is 0 Å². The van der Waals surface area contributed by atoms with Gasteiger partial charge in [0.1, 0.15) is 0 Å². The van der Waals surface area contributed by atoms with Crippen molar-refractivity contribution in [3.05, 3.63) is 12.7 Å². The lowest BCUT2D eigenvalue weighted by Gasteiger charge is -2.17. The topological polar surface area (TPSA) is 34.1 Å². The maximum atomic E-state index is 11.4. The maximum absolute atomic E-state index is 11.4. The van der Waals surface area contributed by atoms with Crippen LogP contribution in [-0.2, 0) is 9.59 Å². The minimum atomic E-state index is -0.460. The molecule has 66 valence electrons. The van der Waals surface area contributed by atoms with Crippen molar-refractivity contribution in [1.29, 1.82) is 0 Å². The quantitative estimate of drug-likeness (QED) is 0.462. The Morgan fingerprint density at radius 2 is 2.25 bits per heavy atom. The van der Waals surface area contributed by atoms with E-state index in [2.05, 4.69) is 6.58 Å². The summed E-state index contributed by atoms with van der Waals surface area (Å²) in [7, 11) is 0. The van der Waals surface area contributed by atoms with Crippen LogP contribution in [0.25, 0.3) is 0 Å². The molecule has 1 saturated carbocycles. The summed E-state index contributed by atoms with van der Waals surface area (Å²) in [4.78, 5) is 22.6. The molecule has 0 heterocycles. The number of allylic oxidation sites excluding steroid dienone is 1.